The summed E-state index contributed by atoms with van der Waals surface area (Å²) < 4.78 is 0. The van der Waals surface area contributed by atoms with Crippen molar-refractivity contribution < 1.29 is 0 Å². The van der Waals surface area contributed by atoms with Crippen LogP contribution in [0.1, 0.15) is 35.4 Å². The zero-order valence-corrected chi connectivity index (χ0v) is 45.1. The third-order valence-corrected chi connectivity index (χ3v) is 16.2. The first-order chi connectivity index (χ1) is 40.2. The highest BCUT2D eigenvalue weighted by Gasteiger charge is 2.28. The van der Waals surface area contributed by atoms with E-state index in [0.29, 0.717) is 0 Å². The van der Waals surface area contributed by atoms with Gasteiger partial charge < -0.3 is 14.7 Å². The third-order valence-electron chi connectivity index (χ3n) is 16.2. The minimum atomic E-state index is 0.193. The van der Waals surface area contributed by atoms with E-state index in [1.165, 1.54) is 66.2 Å². The maximum absolute atomic E-state index is 2.50. The molecule has 1 atom stereocenters. The highest BCUT2D eigenvalue weighted by molar-refractivity contribution is 6.25. The molecule has 14 rings (SSSR count). The molecule has 3 nitrogen and oxygen atoms in total. The number of nitrogens with zero attached hydrogens (tertiary/aromatic N) is 3. The first-order valence-corrected chi connectivity index (χ1v) is 28.3. The predicted molar refractivity (Wildman–Crippen MR) is 344 cm³/mol. The van der Waals surface area contributed by atoms with Gasteiger partial charge in [-0.15, -0.1) is 0 Å². The minimum Gasteiger partial charge on any atom is -0.311 e. The number of allylic oxidation sites excluding steroid dienone is 4. The molecule has 0 N–H and O–H groups in total. The molecule has 386 valence electrons. The van der Waals surface area contributed by atoms with Gasteiger partial charge in [-0.25, -0.2) is 0 Å². The Morgan fingerprint density at radius 1 is 0.321 bits per heavy atom. The SMILES string of the molecule is C1=CC(N(c2ccccc2)c2ccc(-c3cc(-c4ccccc4)c(-c4ccc(N(c5ccccc5)c5ccccc5)cc4)c4c5c(c6cc(N(c7ccccc7)c7ccccc7)ccc6c34)CC(c3ccccc3)C=C5)cc2)=CCC1. The second-order valence-electron chi connectivity index (χ2n) is 21.1. The van der Waals surface area contributed by atoms with E-state index < -0.39 is 0 Å². The Hall–Kier alpha value is -10.2. The Morgan fingerprint density at radius 3 is 1.30 bits per heavy atom. The van der Waals surface area contributed by atoms with E-state index in [4.69, 9.17) is 0 Å². The fourth-order valence-corrected chi connectivity index (χ4v) is 12.4. The van der Waals surface area contributed by atoms with Gasteiger partial charge in [-0.05, 0) is 200 Å². The Bertz CT molecular complexity index is 4170. The van der Waals surface area contributed by atoms with Crippen molar-refractivity contribution in [2.45, 2.75) is 25.2 Å². The van der Waals surface area contributed by atoms with Gasteiger partial charge in [-0.2, -0.15) is 0 Å². The summed E-state index contributed by atoms with van der Waals surface area (Å²) in [4.78, 5) is 7.14. The summed E-state index contributed by atoms with van der Waals surface area (Å²) in [5.74, 6) is 0.193. The summed E-state index contributed by atoms with van der Waals surface area (Å²) in [6.07, 6.45) is 14.8. The molecule has 3 heteroatoms. The van der Waals surface area contributed by atoms with Crippen LogP contribution in [-0.2, 0) is 6.42 Å². The molecule has 12 aromatic rings. The Kier molecular flexibility index (Phi) is 13.3. The van der Waals surface area contributed by atoms with Crippen LogP contribution < -0.4 is 14.7 Å². The molecule has 0 spiro atoms. The monoisotopic (exact) mass is 1040 g/mol. The standard InChI is InChI=1S/C78H59N3/c1-9-25-56(26-10-1)60-45-51-71-74(53-60)75-54-69(81(65-37-21-7-22-38-65)66-39-23-8-24-40-66)50-52-70(75)77-73(58-41-46-67(47-42-58)79(61-29-13-3-14-30-61)62-31-15-4-16-32-62)55-72(57-27-11-2-12-28-57)76(78(71)77)59-43-48-68(49-44-59)80(63-33-17-5-18-34-63)64-35-19-6-20-36-64/h1-3,5-15,17-52,54-55,60H,4,16,53H2. The van der Waals surface area contributed by atoms with Crippen molar-refractivity contribution in [3.63, 3.8) is 0 Å². The van der Waals surface area contributed by atoms with Gasteiger partial charge in [0.25, 0.3) is 0 Å². The number of hydrogen-bond donors (Lipinski definition) is 0. The van der Waals surface area contributed by atoms with Gasteiger partial charge in [-0.1, -0.05) is 206 Å². The number of fused-ring (bicyclic) bond motifs is 6. The van der Waals surface area contributed by atoms with Crippen LogP contribution in [0.25, 0.3) is 61.0 Å². The zero-order valence-electron chi connectivity index (χ0n) is 45.1. The molecule has 81 heavy (non-hydrogen) atoms. The predicted octanol–water partition coefficient (Wildman–Crippen LogP) is 21.7. The summed E-state index contributed by atoms with van der Waals surface area (Å²) in [7, 11) is 0. The van der Waals surface area contributed by atoms with Gasteiger partial charge in [0.05, 0.1) is 0 Å². The summed E-state index contributed by atoms with van der Waals surface area (Å²) in [6.45, 7) is 0. The summed E-state index contributed by atoms with van der Waals surface area (Å²) in [5.41, 5.74) is 21.1. The molecule has 0 fully saturated rings. The maximum atomic E-state index is 2.50. The van der Waals surface area contributed by atoms with Crippen molar-refractivity contribution in [3.8, 4) is 33.4 Å². The molecular formula is C78H59N3. The summed E-state index contributed by atoms with van der Waals surface area (Å²) in [6, 6.07) is 104. The van der Waals surface area contributed by atoms with Crippen molar-refractivity contribution in [2.24, 2.45) is 0 Å². The number of hydrogen-bond acceptors (Lipinski definition) is 3. The highest BCUT2D eigenvalue weighted by atomic mass is 15.2. The van der Waals surface area contributed by atoms with E-state index in [1.54, 1.807) is 0 Å². The summed E-state index contributed by atoms with van der Waals surface area (Å²) >= 11 is 0. The normalized spacial score (nSPS) is 13.6. The number of rotatable bonds is 13. The van der Waals surface area contributed by atoms with E-state index in [0.717, 1.165) is 75.9 Å². The van der Waals surface area contributed by atoms with Gasteiger partial charge in [0.1, 0.15) is 0 Å². The van der Waals surface area contributed by atoms with E-state index in [-0.39, 0.29) is 5.92 Å². The molecule has 2 aliphatic carbocycles. The van der Waals surface area contributed by atoms with Crippen LogP contribution in [0, 0.1) is 0 Å². The molecule has 0 saturated carbocycles. The maximum Gasteiger partial charge on any atom is 0.0468 e. The quantitative estimate of drug-likeness (QED) is 0.107. The lowest BCUT2D eigenvalue weighted by molar-refractivity contribution is 0.834. The van der Waals surface area contributed by atoms with Crippen LogP contribution in [0.5, 0.6) is 0 Å². The second-order valence-corrected chi connectivity index (χ2v) is 21.1. The number of para-hydroxylation sites is 5. The smallest absolute Gasteiger partial charge is 0.0468 e. The van der Waals surface area contributed by atoms with Gasteiger partial charge in [0.2, 0.25) is 0 Å². The summed E-state index contributed by atoms with van der Waals surface area (Å²) in [5, 5.41) is 4.99. The van der Waals surface area contributed by atoms with Crippen molar-refractivity contribution in [3.05, 3.63) is 332 Å². The van der Waals surface area contributed by atoms with Crippen molar-refractivity contribution in [1.29, 1.82) is 0 Å². The van der Waals surface area contributed by atoms with E-state index >= 15 is 0 Å². The van der Waals surface area contributed by atoms with E-state index in [9.17, 15) is 0 Å². The van der Waals surface area contributed by atoms with E-state index in [2.05, 4.69) is 330 Å². The molecule has 0 heterocycles. The van der Waals surface area contributed by atoms with Crippen LogP contribution in [0.4, 0.5) is 45.5 Å². The average molecular weight is 1040 g/mol. The molecule has 0 aromatic heterocycles. The second kappa shape index (κ2) is 21.9. The Balaban J connectivity index is 1.06. The van der Waals surface area contributed by atoms with Crippen LogP contribution in [-0.4, -0.2) is 0 Å². The molecular weight excluding hydrogens is 979 g/mol. The molecule has 1 unspecified atom stereocenters. The zero-order chi connectivity index (χ0) is 53.9. The fourth-order valence-electron chi connectivity index (χ4n) is 12.4. The molecule has 2 aliphatic rings. The minimum absolute atomic E-state index is 0.193. The lowest BCUT2D eigenvalue weighted by Gasteiger charge is -2.30. The first-order valence-electron chi connectivity index (χ1n) is 28.3. The molecule has 0 bridgehead atoms. The van der Waals surface area contributed by atoms with Crippen LogP contribution in [0.15, 0.2) is 315 Å². The molecule has 12 aromatic carbocycles. The first kappa shape index (κ1) is 49.1. The van der Waals surface area contributed by atoms with Crippen molar-refractivity contribution in [2.75, 3.05) is 14.7 Å². The van der Waals surface area contributed by atoms with Gasteiger partial charge in [0, 0.05) is 57.1 Å². The lowest BCUT2D eigenvalue weighted by Crippen LogP contribution is -2.16. The number of anilines is 8. The number of benzene rings is 12. The largest absolute Gasteiger partial charge is 0.311 e. The average Bonchev–Trinajstić information content (AvgIpc) is 3.39. The fraction of sp³-hybridized carbons (Fsp3) is 0.0513. The van der Waals surface area contributed by atoms with Crippen LogP contribution in [0.3, 0.4) is 0 Å². The van der Waals surface area contributed by atoms with Gasteiger partial charge >= 0.3 is 0 Å². The Labute approximate surface area is 475 Å². The van der Waals surface area contributed by atoms with E-state index in [1.807, 2.05) is 0 Å². The topological polar surface area (TPSA) is 9.72 Å². The van der Waals surface area contributed by atoms with Gasteiger partial charge in [0.15, 0.2) is 0 Å². The highest BCUT2D eigenvalue weighted by Crippen LogP contribution is 2.52. The molecule has 0 radical (unpaired) electrons. The molecule has 0 aliphatic heterocycles. The van der Waals surface area contributed by atoms with Crippen LogP contribution in [0.2, 0.25) is 0 Å². The molecule has 0 saturated heterocycles. The van der Waals surface area contributed by atoms with Gasteiger partial charge in [-0.3, -0.25) is 0 Å². The lowest BCUT2D eigenvalue weighted by atomic mass is 9.76. The molecule has 0 amide bonds. The Morgan fingerprint density at radius 2 is 0.765 bits per heavy atom. The van der Waals surface area contributed by atoms with Crippen LogP contribution >= 0.6 is 0 Å². The third kappa shape index (κ3) is 9.49. The van der Waals surface area contributed by atoms with Crippen molar-refractivity contribution >= 4 is 73.1 Å². The van der Waals surface area contributed by atoms with Crippen molar-refractivity contribution in [1.82, 2.24) is 0 Å².